The summed E-state index contributed by atoms with van der Waals surface area (Å²) in [7, 11) is 0. The van der Waals surface area contributed by atoms with Gasteiger partial charge in [-0.05, 0) is 12.1 Å². The fraction of sp³-hybridized carbons (Fsp3) is 0.462. The Kier molecular flexibility index (Phi) is 5.29. The van der Waals surface area contributed by atoms with Crippen LogP contribution in [0.25, 0.3) is 0 Å². The summed E-state index contributed by atoms with van der Waals surface area (Å²) >= 11 is 12.0. The molecule has 4 nitrogen and oxygen atoms in total. The van der Waals surface area contributed by atoms with Crippen LogP contribution in [0.3, 0.4) is 0 Å². The third-order valence-corrected chi connectivity index (χ3v) is 3.64. The zero-order valence-electron chi connectivity index (χ0n) is 10.4. The summed E-state index contributed by atoms with van der Waals surface area (Å²) < 4.78 is 5.63. The van der Waals surface area contributed by atoms with Crippen molar-refractivity contribution in [3.05, 3.63) is 28.2 Å². The lowest BCUT2D eigenvalue weighted by atomic mass is 10.2. The monoisotopic (exact) mass is 299 g/mol. The lowest BCUT2D eigenvalue weighted by molar-refractivity contribution is 0.161. The fourth-order valence-corrected chi connectivity index (χ4v) is 2.53. The lowest BCUT2D eigenvalue weighted by Gasteiger charge is -2.31. The summed E-state index contributed by atoms with van der Waals surface area (Å²) in [6, 6.07) is 7.44. The Balaban J connectivity index is 1.88. The molecular formula is C13H15Cl2N3O. The lowest BCUT2D eigenvalue weighted by Crippen LogP contribution is -2.51. The molecule has 1 aliphatic rings. The van der Waals surface area contributed by atoms with Crippen LogP contribution in [-0.2, 0) is 0 Å². The van der Waals surface area contributed by atoms with Crippen molar-refractivity contribution in [1.29, 1.82) is 5.26 Å². The number of para-hydroxylation sites is 1. The van der Waals surface area contributed by atoms with Crippen molar-refractivity contribution in [1.82, 2.24) is 10.2 Å². The number of hydrogen-bond acceptors (Lipinski definition) is 4. The van der Waals surface area contributed by atoms with Gasteiger partial charge in [-0.2, -0.15) is 5.26 Å². The van der Waals surface area contributed by atoms with Gasteiger partial charge in [-0.3, -0.25) is 4.90 Å². The van der Waals surface area contributed by atoms with Crippen LogP contribution in [0.15, 0.2) is 18.2 Å². The number of ether oxygens (including phenoxy) is 1. The van der Waals surface area contributed by atoms with Crippen molar-refractivity contribution in [2.45, 2.75) is 6.04 Å². The molecule has 19 heavy (non-hydrogen) atoms. The van der Waals surface area contributed by atoms with E-state index in [9.17, 15) is 0 Å². The SMILES string of the molecule is N#CC1CNCCN1CCOc1c(Cl)cccc1Cl. The highest BCUT2D eigenvalue weighted by molar-refractivity contribution is 6.37. The van der Waals surface area contributed by atoms with Gasteiger partial charge in [0, 0.05) is 26.2 Å². The van der Waals surface area contributed by atoms with E-state index in [0.717, 1.165) is 13.1 Å². The summed E-state index contributed by atoms with van der Waals surface area (Å²) in [5.74, 6) is 0.509. The zero-order valence-corrected chi connectivity index (χ0v) is 11.9. The second-order valence-corrected chi connectivity index (χ2v) is 5.10. The van der Waals surface area contributed by atoms with Gasteiger partial charge in [0.2, 0.25) is 0 Å². The summed E-state index contributed by atoms with van der Waals surface area (Å²) in [5.41, 5.74) is 0. The summed E-state index contributed by atoms with van der Waals surface area (Å²) in [5, 5.41) is 13.3. The quantitative estimate of drug-likeness (QED) is 0.926. The number of piperazine rings is 1. The first-order valence-electron chi connectivity index (χ1n) is 6.13. The Hall–Kier alpha value is -0.990. The van der Waals surface area contributed by atoms with Gasteiger partial charge in [0.05, 0.1) is 16.1 Å². The van der Waals surface area contributed by atoms with Crippen molar-refractivity contribution >= 4 is 23.2 Å². The van der Waals surface area contributed by atoms with Crippen LogP contribution in [0, 0.1) is 11.3 Å². The predicted molar refractivity (Wildman–Crippen MR) is 75.8 cm³/mol. The third kappa shape index (κ3) is 3.74. The molecule has 1 fully saturated rings. The second-order valence-electron chi connectivity index (χ2n) is 4.28. The molecule has 1 aromatic carbocycles. The first-order valence-corrected chi connectivity index (χ1v) is 6.89. The van der Waals surface area contributed by atoms with Gasteiger partial charge < -0.3 is 10.1 Å². The van der Waals surface area contributed by atoms with E-state index in [2.05, 4.69) is 16.3 Å². The normalized spacial score (nSPS) is 19.9. The molecule has 0 amide bonds. The standard InChI is InChI=1S/C13H15Cl2N3O/c14-11-2-1-3-12(15)13(11)19-7-6-18-5-4-17-9-10(18)8-16/h1-3,10,17H,4-7,9H2. The van der Waals surface area contributed by atoms with Crippen molar-refractivity contribution in [3.8, 4) is 11.8 Å². The average Bonchev–Trinajstić information content (AvgIpc) is 2.42. The van der Waals surface area contributed by atoms with Gasteiger partial charge in [-0.15, -0.1) is 0 Å². The van der Waals surface area contributed by atoms with Crippen LogP contribution in [0.5, 0.6) is 5.75 Å². The minimum atomic E-state index is -0.0981. The second kappa shape index (κ2) is 6.97. The van der Waals surface area contributed by atoms with Crippen LogP contribution < -0.4 is 10.1 Å². The molecule has 0 spiro atoms. The average molecular weight is 300 g/mol. The van der Waals surface area contributed by atoms with Gasteiger partial charge in [-0.25, -0.2) is 0 Å². The highest BCUT2D eigenvalue weighted by Crippen LogP contribution is 2.32. The molecule has 1 aromatic rings. The minimum absolute atomic E-state index is 0.0981. The smallest absolute Gasteiger partial charge is 0.156 e. The highest BCUT2D eigenvalue weighted by atomic mass is 35.5. The summed E-state index contributed by atoms with van der Waals surface area (Å²) in [6.07, 6.45) is 0. The molecular weight excluding hydrogens is 285 g/mol. The Labute approximate surface area is 122 Å². The van der Waals surface area contributed by atoms with E-state index in [4.69, 9.17) is 33.2 Å². The molecule has 1 saturated heterocycles. The number of nitriles is 1. The van der Waals surface area contributed by atoms with Gasteiger partial charge in [-0.1, -0.05) is 29.3 Å². The number of benzene rings is 1. The van der Waals surface area contributed by atoms with Crippen LogP contribution in [0.1, 0.15) is 0 Å². The minimum Gasteiger partial charge on any atom is -0.489 e. The third-order valence-electron chi connectivity index (χ3n) is 3.05. The molecule has 0 aliphatic carbocycles. The van der Waals surface area contributed by atoms with Gasteiger partial charge in [0.15, 0.2) is 5.75 Å². The van der Waals surface area contributed by atoms with E-state index in [-0.39, 0.29) is 6.04 Å². The first-order chi connectivity index (χ1) is 9.22. The summed E-state index contributed by atoms with van der Waals surface area (Å²) in [4.78, 5) is 2.10. The van der Waals surface area contributed by atoms with E-state index < -0.39 is 0 Å². The van der Waals surface area contributed by atoms with Crippen molar-refractivity contribution in [2.75, 3.05) is 32.8 Å². The van der Waals surface area contributed by atoms with Crippen molar-refractivity contribution < 1.29 is 4.74 Å². The van der Waals surface area contributed by atoms with E-state index >= 15 is 0 Å². The highest BCUT2D eigenvalue weighted by Gasteiger charge is 2.21. The Morgan fingerprint density at radius 1 is 1.42 bits per heavy atom. The molecule has 1 atom stereocenters. The van der Waals surface area contributed by atoms with Crippen molar-refractivity contribution in [3.63, 3.8) is 0 Å². The van der Waals surface area contributed by atoms with Gasteiger partial charge >= 0.3 is 0 Å². The molecule has 1 N–H and O–H groups in total. The number of halogens is 2. The number of hydrogen-bond donors (Lipinski definition) is 1. The first kappa shape index (κ1) is 14.4. The van der Waals surface area contributed by atoms with E-state index in [1.807, 2.05) is 0 Å². The maximum Gasteiger partial charge on any atom is 0.156 e. The predicted octanol–water partition coefficient (Wildman–Crippen LogP) is 2.17. The molecule has 2 rings (SSSR count). The molecule has 1 heterocycles. The molecule has 6 heteroatoms. The number of nitrogens with zero attached hydrogens (tertiary/aromatic N) is 2. The Bertz CT molecular complexity index is 455. The van der Waals surface area contributed by atoms with Crippen LogP contribution in [0.4, 0.5) is 0 Å². The zero-order chi connectivity index (χ0) is 13.7. The van der Waals surface area contributed by atoms with E-state index in [1.54, 1.807) is 18.2 Å². The topological polar surface area (TPSA) is 48.3 Å². The molecule has 1 unspecified atom stereocenters. The molecule has 1 aliphatic heterocycles. The number of rotatable bonds is 4. The largest absolute Gasteiger partial charge is 0.489 e. The van der Waals surface area contributed by atoms with Crippen molar-refractivity contribution in [2.24, 2.45) is 0 Å². The van der Waals surface area contributed by atoms with Gasteiger partial charge in [0.25, 0.3) is 0 Å². The van der Waals surface area contributed by atoms with E-state index in [1.165, 1.54) is 0 Å². The van der Waals surface area contributed by atoms with Gasteiger partial charge in [0.1, 0.15) is 12.6 Å². The molecule has 0 bridgehead atoms. The fourth-order valence-electron chi connectivity index (χ4n) is 2.03. The van der Waals surface area contributed by atoms with Crippen LogP contribution in [0.2, 0.25) is 10.0 Å². The molecule has 0 aromatic heterocycles. The maximum absolute atomic E-state index is 9.05. The molecule has 0 radical (unpaired) electrons. The molecule has 102 valence electrons. The Morgan fingerprint density at radius 3 is 2.84 bits per heavy atom. The summed E-state index contributed by atoms with van der Waals surface area (Å²) in [6.45, 7) is 3.58. The Morgan fingerprint density at radius 2 is 2.16 bits per heavy atom. The molecule has 0 saturated carbocycles. The number of nitrogens with one attached hydrogen (secondary N) is 1. The van der Waals surface area contributed by atoms with Crippen LogP contribution in [-0.4, -0.2) is 43.7 Å². The van der Waals surface area contributed by atoms with Crippen LogP contribution >= 0.6 is 23.2 Å². The maximum atomic E-state index is 9.05. The van der Waals surface area contributed by atoms with E-state index in [0.29, 0.717) is 35.5 Å².